The van der Waals surface area contributed by atoms with Gasteiger partial charge in [0.05, 0.1) is 12.3 Å². The smallest absolute Gasteiger partial charge is 0.414 e. The summed E-state index contributed by atoms with van der Waals surface area (Å²) >= 11 is 0. The number of piperidine rings is 1. The maximum atomic E-state index is 12.7. The van der Waals surface area contributed by atoms with Gasteiger partial charge >= 0.3 is 6.09 Å². The van der Waals surface area contributed by atoms with E-state index in [1.54, 1.807) is 4.90 Å². The number of ether oxygens (including phenoxy) is 2. The molecule has 0 radical (unpaired) electrons. The van der Waals surface area contributed by atoms with Crippen LogP contribution in [0.25, 0.3) is 0 Å². The number of amides is 1. The van der Waals surface area contributed by atoms with E-state index in [2.05, 4.69) is 11.8 Å². The highest BCUT2D eigenvalue weighted by Gasteiger charge is 2.21. The van der Waals surface area contributed by atoms with Crippen molar-refractivity contribution in [3.05, 3.63) is 24.3 Å². The van der Waals surface area contributed by atoms with E-state index >= 15 is 0 Å². The fraction of sp³-hybridized carbons (Fsp3) is 0.696. The van der Waals surface area contributed by atoms with Crippen molar-refractivity contribution in [3.63, 3.8) is 0 Å². The highest BCUT2D eigenvalue weighted by atomic mass is 16.6. The lowest BCUT2D eigenvalue weighted by Crippen LogP contribution is -2.40. The molecule has 1 aliphatic rings. The third kappa shape index (κ3) is 7.70. The zero-order valence-electron chi connectivity index (χ0n) is 18.0. The molecule has 1 saturated heterocycles. The quantitative estimate of drug-likeness (QED) is 0.469. The van der Waals surface area contributed by atoms with Crippen molar-refractivity contribution in [2.24, 2.45) is 0 Å². The first kappa shape index (κ1) is 22.5. The van der Waals surface area contributed by atoms with Crippen LogP contribution in [0.15, 0.2) is 24.3 Å². The molecule has 0 spiro atoms. The van der Waals surface area contributed by atoms with Gasteiger partial charge in [0, 0.05) is 19.2 Å². The van der Waals surface area contributed by atoms with Crippen LogP contribution in [0, 0.1) is 0 Å². The average molecular weight is 391 g/mol. The third-order valence-corrected chi connectivity index (χ3v) is 5.20. The molecule has 5 heteroatoms. The van der Waals surface area contributed by atoms with E-state index in [4.69, 9.17) is 9.47 Å². The molecule has 0 aliphatic carbocycles. The Kier molecular flexibility index (Phi) is 10.2. The normalized spacial score (nSPS) is 15.8. The minimum absolute atomic E-state index is 0.113. The van der Waals surface area contributed by atoms with Gasteiger partial charge in [0.2, 0.25) is 0 Å². The minimum Gasteiger partial charge on any atom is -0.494 e. The number of rotatable bonds is 11. The van der Waals surface area contributed by atoms with Crippen LogP contribution in [-0.2, 0) is 4.74 Å². The van der Waals surface area contributed by atoms with Gasteiger partial charge in [-0.05, 0) is 58.3 Å². The average Bonchev–Trinajstić information content (AvgIpc) is 2.69. The topological polar surface area (TPSA) is 42.0 Å². The number of unbranched alkanes of at least 4 members (excludes halogenated alkanes) is 3. The Balaban J connectivity index is 1.86. The molecule has 0 N–H and O–H groups in total. The molecule has 2 rings (SSSR count). The van der Waals surface area contributed by atoms with Crippen LogP contribution in [0.3, 0.4) is 0 Å². The second-order valence-electron chi connectivity index (χ2n) is 7.71. The Morgan fingerprint density at radius 2 is 1.93 bits per heavy atom. The first-order chi connectivity index (χ1) is 13.6. The van der Waals surface area contributed by atoms with Crippen molar-refractivity contribution >= 4 is 11.8 Å². The molecule has 1 unspecified atom stereocenters. The molecule has 1 atom stereocenters. The summed E-state index contributed by atoms with van der Waals surface area (Å²) in [6, 6.07) is 7.75. The fourth-order valence-corrected chi connectivity index (χ4v) is 3.66. The Morgan fingerprint density at radius 3 is 2.64 bits per heavy atom. The SMILES string of the molecule is CCCCCCOc1cccc(N(CC)C(=O)OC(C)CN2CCCCC2)c1. The van der Waals surface area contributed by atoms with Gasteiger partial charge in [0.1, 0.15) is 11.9 Å². The third-order valence-electron chi connectivity index (χ3n) is 5.20. The maximum absolute atomic E-state index is 12.7. The highest BCUT2D eigenvalue weighted by molar-refractivity contribution is 5.87. The van der Waals surface area contributed by atoms with E-state index in [0.717, 1.165) is 37.5 Å². The largest absolute Gasteiger partial charge is 0.494 e. The molecule has 0 bridgehead atoms. The van der Waals surface area contributed by atoms with Crippen LogP contribution in [-0.4, -0.2) is 49.9 Å². The van der Waals surface area contributed by atoms with Crippen LogP contribution in [0.5, 0.6) is 5.75 Å². The predicted octanol–water partition coefficient (Wildman–Crippen LogP) is 5.48. The van der Waals surface area contributed by atoms with Gasteiger partial charge in [-0.3, -0.25) is 9.80 Å². The highest BCUT2D eigenvalue weighted by Crippen LogP contribution is 2.23. The molecule has 1 aromatic carbocycles. The summed E-state index contributed by atoms with van der Waals surface area (Å²) in [6.45, 7) is 10.5. The standard InChI is InChI=1S/C23H38N2O3/c1-4-6-7-11-17-27-22-14-12-13-21(18-22)25(5-2)23(26)28-20(3)19-24-15-9-8-10-16-24/h12-14,18,20H,4-11,15-17,19H2,1-3H3. The first-order valence-corrected chi connectivity index (χ1v) is 11.1. The molecule has 1 fully saturated rings. The van der Waals surface area contributed by atoms with Crippen molar-refractivity contribution in [1.82, 2.24) is 4.90 Å². The van der Waals surface area contributed by atoms with Crippen LogP contribution in [0.2, 0.25) is 0 Å². The Bertz CT molecular complexity index is 573. The summed E-state index contributed by atoms with van der Waals surface area (Å²) in [7, 11) is 0. The number of likely N-dealkylation sites (tertiary alicyclic amines) is 1. The molecular formula is C23H38N2O3. The minimum atomic E-state index is -0.285. The summed E-state index contributed by atoms with van der Waals surface area (Å²) in [5, 5.41) is 0. The van der Waals surface area contributed by atoms with Gasteiger partial charge in [-0.2, -0.15) is 0 Å². The van der Waals surface area contributed by atoms with Crippen molar-refractivity contribution in [1.29, 1.82) is 0 Å². The van der Waals surface area contributed by atoms with Crippen LogP contribution >= 0.6 is 0 Å². The molecule has 1 heterocycles. The number of hydrogen-bond acceptors (Lipinski definition) is 4. The molecule has 1 aromatic rings. The van der Waals surface area contributed by atoms with Crippen molar-refractivity contribution in [2.75, 3.05) is 37.7 Å². The molecule has 1 amide bonds. The Hall–Kier alpha value is -1.75. The molecule has 158 valence electrons. The van der Waals surface area contributed by atoms with E-state index in [1.807, 2.05) is 38.1 Å². The number of anilines is 1. The second-order valence-corrected chi connectivity index (χ2v) is 7.71. The fourth-order valence-electron chi connectivity index (χ4n) is 3.66. The molecule has 5 nitrogen and oxygen atoms in total. The predicted molar refractivity (Wildman–Crippen MR) is 115 cm³/mol. The maximum Gasteiger partial charge on any atom is 0.414 e. The van der Waals surface area contributed by atoms with E-state index in [9.17, 15) is 4.79 Å². The zero-order chi connectivity index (χ0) is 20.2. The summed E-state index contributed by atoms with van der Waals surface area (Å²) in [5.74, 6) is 0.807. The molecule has 0 saturated carbocycles. The summed E-state index contributed by atoms with van der Waals surface area (Å²) in [4.78, 5) is 16.8. The monoisotopic (exact) mass is 390 g/mol. The van der Waals surface area contributed by atoms with Crippen molar-refractivity contribution in [2.45, 2.75) is 71.8 Å². The lowest BCUT2D eigenvalue weighted by Gasteiger charge is -2.30. The molecule has 1 aliphatic heterocycles. The lowest BCUT2D eigenvalue weighted by molar-refractivity contribution is 0.0788. The van der Waals surface area contributed by atoms with Gasteiger partial charge in [-0.25, -0.2) is 4.79 Å². The molecule has 0 aromatic heterocycles. The lowest BCUT2D eigenvalue weighted by atomic mass is 10.1. The number of benzene rings is 1. The summed E-state index contributed by atoms with van der Waals surface area (Å²) in [5.41, 5.74) is 0.823. The molecular weight excluding hydrogens is 352 g/mol. The number of carbonyl (C=O) groups is 1. The summed E-state index contributed by atoms with van der Waals surface area (Å²) < 4.78 is 11.6. The van der Waals surface area contributed by atoms with E-state index in [0.29, 0.717) is 13.2 Å². The number of hydrogen-bond donors (Lipinski definition) is 0. The Morgan fingerprint density at radius 1 is 1.14 bits per heavy atom. The van der Waals surface area contributed by atoms with E-state index in [-0.39, 0.29) is 12.2 Å². The number of nitrogens with zero attached hydrogens (tertiary/aromatic N) is 2. The van der Waals surface area contributed by atoms with Crippen LogP contribution in [0.1, 0.15) is 65.7 Å². The Labute approximate surface area is 171 Å². The molecule has 28 heavy (non-hydrogen) atoms. The van der Waals surface area contributed by atoms with Crippen LogP contribution < -0.4 is 9.64 Å². The van der Waals surface area contributed by atoms with E-state index < -0.39 is 0 Å². The van der Waals surface area contributed by atoms with Gasteiger partial charge < -0.3 is 9.47 Å². The van der Waals surface area contributed by atoms with Gasteiger partial charge in [0.15, 0.2) is 0 Å². The van der Waals surface area contributed by atoms with Gasteiger partial charge in [-0.1, -0.05) is 38.7 Å². The summed E-state index contributed by atoms with van der Waals surface area (Å²) in [6.07, 6.45) is 8.12. The van der Waals surface area contributed by atoms with Gasteiger partial charge in [-0.15, -0.1) is 0 Å². The van der Waals surface area contributed by atoms with Gasteiger partial charge in [0.25, 0.3) is 0 Å². The van der Waals surface area contributed by atoms with Crippen molar-refractivity contribution in [3.8, 4) is 5.75 Å². The van der Waals surface area contributed by atoms with E-state index in [1.165, 1.54) is 38.5 Å². The van der Waals surface area contributed by atoms with Crippen LogP contribution in [0.4, 0.5) is 10.5 Å². The first-order valence-electron chi connectivity index (χ1n) is 11.1. The van der Waals surface area contributed by atoms with Crippen molar-refractivity contribution < 1.29 is 14.3 Å². The number of carbonyl (C=O) groups excluding carboxylic acids is 1. The second kappa shape index (κ2) is 12.7. The zero-order valence-corrected chi connectivity index (χ0v) is 18.0.